The molecule has 0 atom stereocenters. The molecule has 3 aromatic rings. The molecule has 1 aromatic heterocycles. The number of likely N-dealkylation sites (tertiary alicyclic amines) is 1. The van der Waals surface area contributed by atoms with Crippen molar-refractivity contribution in [2.75, 3.05) is 37.4 Å². The maximum atomic E-state index is 13.7. The van der Waals surface area contributed by atoms with Crippen LogP contribution in [-0.2, 0) is 11.3 Å². The van der Waals surface area contributed by atoms with Crippen molar-refractivity contribution in [3.05, 3.63) is 53.1 Å². The summed E-state index contributed by atoms with van der Waals surface area (Å²) in [5, 5.41) is 11.6. The molecule has 0 spiro atoms. The van der Waals surface area contributed by atoms with E-state index < -0.39 is 36.6 Å². The summed E-state index contributed by atoms with van der Waals surface area (Å²) in [6.07, 6.45) is -0.297. The normalized spacial score (nSPS) is 14.9. The molecule has 0 radical (unpaired) electrons. The molecule has 190 valence electrons. The molecular formula is C24H25F2N5O5. The Kier molecular flexibility index (Phi) is 6.77. The number of aromatic nitrogens is 2. The van der Waals surface area contributed by atoms with Gasteiger partial charge in [-0.2, -0.15) is 0 Å². The number of ether oxygens (including phenoxy) is 1. The van der Waals surface area contributed by atoms with E-state index in [-0.39, 0.29) is 41.7 Å². The van der Waals surface area contributed by atoms with Crippen LogP contribution >= 0.6 is 0 Å². The smallest absolute Gasteiger partial charge is 0.409 e. The lowest BCUT2D eigenvalue weighted by Gasteiger charge is -2.32. The second-order valence-corrected chi connectivity index (χ2v) is 8.74. The summed E-state index contributed by atoms with van der Waals surface area (Å²) in [6.45, 7) is -0.942. The fraction of sp³-hybridized carbons (Fsp3) is 0.333. The number of halogens is 2. The highest BCUT2D eigenvalue weighted by Gasteiger charge is 2.37. The minimum absolute atomic E-state index is 0.0551. The predicted octanol–water partition coefficient (Wildman–Crippen LogP) is 3.60. The van der Waals surface area contributed by atoms with E-state index in [9.17, 15) is 28.3 Å². The second-order valence-electron chi connectivity index (χ2n) is 8.74. The van der Waals surface area contributed by atoms with Crippen LogP contribution in [0.5, 0.6) is 11.5 Å². The Morgan fingerprint density at radius 2 is 2.03 bits per heavy atom. The van der Waals surface area contributed by atoms with Crippen LogP contribution in [0.2, 0.25) is 0 Å². The highest BCUT2D eigenvalue weighted by molar-refractivity contribution is 5.92. The van der Waals surface area contributed by atoms with Crippen molar-refractivity contribution in [3.8, 4) is 11.5 Å². The van der Waals surface area contributed by atoms with E-state index in [4.69, 9.17) is 4.74 Å². The van der Waals surface area contributed by atoms with E-state index in [1.807, 2.05) is 25.1 Å². The van der Waals surface area contributed by atoms with Gasteiger partial charge >= 0.3 is 6.09 Å². The van der Waals surface area contributed by atoms with E-state index in [1.54, 1.807) is 18.2 Å². The molecule has 1 aliphatic rings. The van der Waals surface area contributed by atoms with E-state index in [0.29, 0.717) is 5.75 Å². The molecule has 0 bridgehead atoms. The molecule has 1 saturated heterocycles. The molecule has 2 aromatic carbocycles. The minimum atomic E-state index is -2.95. The average Bonchev–Trinajstić information content (AvgIpc) is 2.81. The number of amides is 2. The lowest BCUT2D eigenvalue weighted by Crippen LogP contribution is -2.47. The average molecular weight is 501 g/mol. The Balaban J connectivity index is 1.69. The van der Waals surface area contributed by atoms with Crippen molar-refractivity contribution >= 4 is 34.3 Å². The number of carbonyl (C=O) groups excluding carboxylic acids is 1. The lowest BCUT2D eigenvalue weighted by atomic mass is 10.1. The summed E-state index contributed by atoms with van der Waals surface area (Å²) in [7, 11) is 3.71. The highest BCUT2D eigenvalue weighted by Crippen LogP contribution is 2.34. The van der Waals surface area contributed by atoms with Crippen molar-refractivity contribution < 1.29 is 28.2 Å². The minimum Gasteiger partial charge on any atom is -0.465 e. The number of nitrogens with one attached hydrogen (secondary N) is 1. The summed E-state index contributed by atoms with van der Waals surface area (Å²) in [5.41, 5.74) is 0.491. The van der Waals surface area contributed by atoms with Crippen LogP contribution in [0.1, 0.15) is 12.8 Å². The first-order valence-corrected chi connectivity index (χ1v) is 11.2. The number of piperidine rings is 1. The third-order valence-electron chi connectivity index (χ3n) is 5.78. The van der Waals surface area contributed by atoms with Gasteiger partial charge in [-0.05, 0) is 30.7 Å². The number of fused-ring (bicyclic) bond motifs is 1. The van der Waals surface area contributed by atoms with Crippen LogP contribution in [0.4, 0.5) is 25.0 Å². The van der Waals surface area contributed by atoms with Crippen molar-refractivity contribution in [2.45, 2.75) is 25.3 Å². The van der Waals surface area contributed by atoms with E-state index in [0.717, 1.165) is 21.5 Å². The van der Waals surface area contributed by atoms with Crippen molar-refractivity contribution in [1.82, 2.24) is 14.5 Å². The number of carboxylic acid groups (broad SMARTS) is 1. The quantitative estimate of drug-likeness (QED) is 0.530. The van der Waals surface area contributed by atoms with Crippen molar-refractivity contribution in [1.29, 1.82) is 0 Å². The van der Waals surface area contributed by atoms with Gasteiger partial charge in [-0.15, -0.1) is 0 Å². The van der Waals surface area contributed by atoms with E-state index >= 15 is 0 Å². The van der Waals surface area contributed by atoms with Crippen LogP contribution in [0.25, 0.3) is 10.9 Å². The molecule has 1 aliphatic heterocycles. The Morgan fingerprint density at radius 3 is 2.72 bits per heavy atom. The summed E-state index contributed by atoms with van der Waals surface area (Å²) in [6, 6.07) is 9.74. The number of nitrogens with zero attached hydrogens (tertiary/aromatic N) is 4. The first kappa shape index (κ1) is 24.9. The molecule has 1 fully saturated rings. The van der Waals surface area contributed by atoms with Gasteiger partial charge in [0.25, 0.3) is 11.5 Å². The zero-order chi connectivity index (χ0) is 26.0. The van der Waals surface area contributed by atoms with Gasteiger partial charge in [-0.25, -0.2) is 18.6 Å². The Bertz CT molecular complexity index is 1370. The topological polar surface area (TPSA) is 117 Å². The predicted molar refractivity (Wildman–Crippen MR) is 129 cm³/mol. The maximum Gasteiger partial charge on any atom is 0.409 e. The molecule has 36 heavy (non-hydrogen) atoms. The molecule has 2 amide bonds. The molecule has 2 heterocycles. The van der Waals surface area contributed by atoms with Gasteiger partial charge in [0, 0.05) is 38.8 Å². The van der Waals surface area contributed by atoms with Gasteiger partial charge in [-0.3, -0.25) is 19.5 Å². The Labute approximate surface area is 204 Å². The number of alkyl halides is 2. The number of hydrogen-bond acceptors (Lipinski definition) is 6. The fourth-order valence-electron chi connectivity index (χ4n) is 3.97. The first-order chi connectivity index (χ1) is 17.0. The van der Waals surface area contributed by atoms with Gasteiger partial charge in [0.05, 0.1) is 29.5 Å². The third kappa shape index (κ3) is 5.53. The van der Waals surface area contributed by atoms with Gasteiger partial charge in [0.2, 0.25) is 5.91 Å². The number of anilines is 2. The molecule has 0 aliphatic carbocycles. The van der Waals surface area contributed by atoms with Gasteiger partial charge in [0.1, 0.15) is 12.3 Å². The zero-order valence-electron chi connectivity index (χ0n) is 19.7. The standard InChI is InChI=1S/C24H25F2N5O5/c1-29(2)15-5-3-6-16(9-15)36-20-10-17-18(11-19(20)28-23(34)35)27-14-31(22(17)33)12-21(32)30-8-4-7-24(25,26)13-30/h3,5-6,9-11,14,28H,4,7-8,12-13H2,1-2H3,(H,34,35). The Morgan fingerprint density at radius 1 is 1.25 bits per heavy atom. The molecule has 0 unspecified atom stereocenters. The van der Waals surface area contributed by atoms with E-state index in [2.05, 4.69) is 10.3 Å². The van der Waals surface area contributed by atoms with Crippen molar-refractivity contribution in [3.63, 3.8) is 0 Å². The van der Waals surface area contributed by atoms with Gasteiger partial charge < -0.3 is 19.6 Å². The second kappa shape index (κ2) is 9.80. The molecule has 2 N–H and O–H groups in total. The Hall–Kier alpha value is -4.22. The number of rotatable bonds is 6. The number of hydrogen-bond donors (Lipinski definition) is 2. The fourth-order valence-corrected chi connectivity index (χ4v) is 3.97. The van der Waals surface area contributed by atoms with Crippen molar-refractivity contribution in [2.24, 2.45) is 0 Å². The molecule has 10 nitrogen and oxygen atoms in total. The zero-order valence-corrected chi connectivity index (χ0v) is 19.7. The monoisotopic (exact) mass is 501 g/mol. The van der Waals surface area contributed by atoms with Gasteiger partial charge in [0.15, 0.2) is 5.75 Å². The first-order valence-electron chi connectivity index (χ1n) is 11.2. The molecule has 12 heteroatoms. The van der Waals surface area contributed by atoms with E-state index in [1.165, 1.54) is 12.1 Å². The summed E-state index contributed by atoms with van der Waals surface area (Å²) >= 11 is 0. The number of carbonyl (C=O) groups is 2. The van der Waals surface area contributed by atoms with Crippen LogP contribution in [0.15, 0.2) is 47.5 Å². The van der Waals surface area contributed by atoms with Crippen LogP contribution in [0.3, 0.4) is 0 Å². The van der Waals surface area contributed by atoms with Crippen LogP contribution in [0, 0.1) is 0 Å². The molecular weight excluding hydrogens is 476 g/mol. The molecule has 4 rings (SSSR count). The highest BCUT2D eigenvalue weighted by atomic mass is 19.3. The lowest BCUT2D eigenvalue weighted by molar-refractivity contribution is -0.142. The summed E-state index contributed by atoms with van der Waals surface area (Å²) < 4.78 is 34.4. The summed E-state index contributed by atoms with van der Waals surface area (Å²) in [5.74, 6) is -3.11. The van der Waals surface area contributed by atoms with Crippen LogP contribution in [-0.4, -0.2) is 64.7 Å². The molecule has 0 saturated carbocycles. The van der Waals surface area contributed by atoms with Crippen LogP contribution < -0.4 is 20.5 Å². The number of benzene rings is 2. The summed E-state index contributed by atoms with van der Waals surface area (Å²) in [4.78, 5) is 44.2. The van der Waals surface area contributed by atoms with Gasteiger partial charge in [-0.1, -0.05) is 6.07 Å². The maximum absolute atomic E-state index is 13.7. The SMILES string of the molecule is CN(C)c1cccc(Oc2cc3c(=O)n(CC(=O)N4CCCC(F)(F)C4)cnc3cc2NC(=O)O)c1. The third-order valence-corrected chi connectivity index (χ3v) is 5.78. The largest absolute Gasteiger partial charge is 0.465 e.